The van der Waals surface area contributed by atoms with Gasteiger partial charge in [-0.3, -0.25) is 14.0 Å². The summed E-state index contributed by atoms with van der Waals surface area (Å²) in [6, 6.07) is 16.3. The Morgan fingerprint density at radius 2 is 1.97 bits per heavy atom. The molecule has 5 rings (SSSR count). The molecule has 2 N–H and O–H groups in total. The van der Waals surface area contributed by atoms with Crippen LogP contribution in [-0.4, -0.2) is 26.8 Å². The van der Waals surface area contributed by atoms with Gasteiger partial charge in [0.15, 0.2) is 0 Å². The Labute approximate surface area is 176 Å². The van der Waals surface area contributed by atoms with E-state index in [4.69, 9.17) is 11.6 Å². The zero-order valence-corrected chi connectivity index (χ0v) is 16.6. The van der Waals surface area contributed by atoms with Gasteiger partial charge in [0.05, 0.1) is 16.5 Å². The molecule has 7 heteroatoms. The van der Waals surface area contributed by atoms with Gasteiger partial charge >= 0.3 is 0 Å². The predicted molar refractivity (Wildman–Crippen MR) is 118 cm³/mol. The smallest absolute Gasteiger partial charge is 0.265 e. The van der Waals surface area contributed by atoms with Gasteiger partial charge in [0, 0.05) is 34.9 Å². The van der Waals surface area contributed by atoms with Crippen LogP contribution in [0.2, 0.25) is 5.02 Å². The van der Waals surface area contributed by atoms with E-state index in [1.54, 1.807) is 30.3 Å². The van der Waals surface area contributed by atoms with Crippen LogP contribution in [0.15, 0.2) is 71.8 Å². The van der Waals surface area contributed by atoms with Crippen LogP contribution in [0.4, 0.5) is 0 Å². The van der Waals surface area contributed by atoms with Crippen LogP contribution >= 0.6 is 11.6 Å². The Bertz CT molecular complexity index is 1490. The molecule has 0 aliphatic carbocycles. The van der Waals surface area contributed by atoms with Crippen molar-refractivity contribution >= 4 is 45.0 Å². The zero-order valence-electron chi connectivity index (χ0n) is 15.9. The summed E-state index contributed by atoms with van der Waals surface area (Å²) in [6.07, 6.45) is 4.20. The molecule has 0 radical (unpaired) electrons. The minimum Gasteiger partial charge on any atom is -0.361 e. The number of carbonyl (C=O) groups excluding carboxylic acids is 1. The number of amides is 1. The fourth-order valence-corrected chi connectivity index (χ4v) is 3.83. The van der Waals surface area contributed by atoms with Crippen molar-refractivity contribution < 1.29 is 4.79 Å². The van der Waals surface area contributed by atoms with E-state index < -0.39 is 0 Å². The Morgan fingerprint density at radius 3 is 2.87 bits per heavy atom. The van der Waals surface area contributed by atoms with Gasteiger partial charge in [0.1, 0.15) is 5.65 Å². The third kappa shape index (κ3) is 3.21. The van der Waals surface area contributed by atoms with Gasteiger partial charge < -0.3 is 10.3 Å². The first-order valence-electron chi connectivity index (χ1n) is 9.55. The number of nitrogens with one attached hydrogen (secondary N) is 2. The minimum absolute atomic E-state index is 0.236. The van der Waals surface area contributed by atoms with Crippen LogP contribution in [0, 0.1) is 0 Å². The number of benzene rings is 2. The Kier molecular flexibility index (Phi) is 4.48. The van der Waals surface area contributed by atoms with Crippen molar-refractivity contribution in [1.29, 1.82) is 0 Å². The Hall–Kier alpha value is -3.64. The van der Waals surface area contributed by atoms with Crippen LogP contribution in [-0.2, 0) is 6.42 Å². The molecule has 0 unspecified atom stereocenters. The summed E-state index contributed by atoms with van der Waals surface area (Å²) in [5.41, 5.74) is 3.39. The van der Waals surface area contributed by atoms with Crippen molar-refractivity contribution in [2.45, 2.75) is 6.42 Å². The molecule has 0 aliphatic heterocycles. The summed E-state index contributed by atoms with van der Waals surface area (Å²) in [7, 11) is 0. The molecular formula is C23H17ClN4O2. The highest BCUT2D eigenvalue weighted by atomic mass is 35.5. The maximum atomic E-state index is 12.8. The third-order valence-corrected chi connectivity index (χ3v) is 5.42. The van der Waals surface area contributed by atoms with Crippen LogP contribution in [0.5, 0.6) is 0 Å². The third-order valence-electron chi connectivity index (χ3n) is 5.19. The highest BCUT2D eigenvalue weighted by Crippen LogP contribution is 2.18. The average Bonchev–Trinajstić information content (AvgIpc) is 3.16. The predicted octanol–water partition coefficient (Wildman–Crippen LogP) is 3.95. The number of carbonyl (C=O) groups is 1. The Morgan fingerprint density at radius 1 is 1.10 bits per heavy atom. The number of rotatable bonds is 4. The van der Waals surface area contributed by atoms with E-state index in [9.17, 15) is 9.59 Å². The molecule has 148 valence electrons. The number of nitrogens with zero attached hydrogens (tertiary/aromatic N) is 2. The summed E-state index contributed by atoms with van der Waals surface area (Å²) in [6.45, 7) is 0.488. The first-order chi connectivity index (χ1) is 14.6. The zero-order chi connectivity index (χ0) is 20.7. The van der Waals surface area contributed by atoms with Gasteiger partial charge in [-0.2, -0.15) is 0 Å². The first kappa shape index (κ1) is 18.4. The van der Waals surface area contributed by atoms with Crippen molar-refractivity contribution in [2.24, 2.45) is 0 Å². The quantitative estimate of drug-likeness (QED) is 0.435. The molecule has 0 bridgehead atoms. The lowest BCUT2D eigenvalue weighted by atomic mass is 10.1. The fraction of sp³-hybridized carbons (Fsp3) is 0.0870. The van der Waals surface area contributed by atoms with Crippen molar-refractivity contribution in [2.75, 3.05) is 6.54 Å². The molecule has 0 atom stereocenters. The molecule has 0 saturated heterocycles. The number of aromatic nitrogens is 3. The fourth-order valence-electron chi connectivity index (χ4n) is 3.66. The van der Waals surface area contributed by atoms with Crippen molar-refractivity contribution in [3.63, 3.8) is 0 Å². The number of H-pyrrole nitrogens is 1. The normalized spacial score (nSPS) is 11.4. The highest BCUT2D eigenvalue weighted by molar-refractivity contribution is 6.31. The number of fused-ring (bicyclic) bond motifs is 3. The van der Waals surface area contributed by atoms with Gasteiger partial charge in [-0.15, -0.1) is 0 Å². The number of hydrogen-bond acceptors (Lipinski definition) is 3. The SMILES string of the molecule is O=C(NCCc1c[nH]c2ccccc12)c1ccc2nc3cc(Cl)ccc3c(=O)n2c1. The van der Waals surface area contributed by atoms with Crippen LogP contribution in [0.25, 0.3) is 27.5 Å². The molecule has 0 fully saturated rings. The molecule has 6 nitrogen and oxygen atoms in total. The second kappa shape index (κ2) is 7.31. The van der Waals surface area contributed by atoms with E-state index in [1.807, 2.05) is 24.4 Å². The lowest BCUT2D eigenvalue weighted by Crippen LogP contribution is -2.26. The summed E-state index contributed by atoms with van der Waals surface area (Å²) in [4.78, 5) is 33.1. The topological polar surface area (TPSA) is 79.3 Å². The van der Waals surface area contributed by atoms with E-state index in [0.29, 0.717) is 40.1 Å². The average molecular weight is 417 g/mol. The van der Waals surface area contributed by atoms with Gasteiger partial charge in [0.2, 0.25) is 0 Å². The van der Waals surface area contributed by atoms with Crippen LogP contribution < -0.4 is 10.9 Å². The second-order valence-corrected chi connectivity index (χ2v) is 7.53. The first-order valence-corrected chi connectivity index (χ1v) is 9.93. The largest absolute Gasteiger partial charge is 0.361 e. The van der Waals surface area contributed by atoms with E-state index in [-0.39, 0.29) is 11.5 Å². The van der Waals surface area contributed by atoms with Crippen LogP contribution in [0.1, 0.15) is 15.9 Å². The summed E-state index contributed by atoms with van der Waals surface area (Å²) in [5, 5.41) is 5.05. The number of hydrogen-bond donors (Lipinski definition) is 2. The molecule has 0 saturated carbocycles. The summed E-state index contributed by atoms with van der Waals surface area (Å²) < 4.78 is 1.39. The second-order valence-electron chi connectivity index (χ2n) is 7.09. The van der Waals surface area contributed by atoms with Crippen LogP contribution in [0.3, 0.4) is 0 Å². The van der Waals surface area contributed by atoms with Gasteiger partial charge in [-0.25, -0.2) is 4.98 Å². The summed E-state index contributed by atoms with van der Waals surface area (Å²) >= 11 is 6.00. The van der Waals surface area contributed by atoms with E-state index in [0.717, 1.165) is 16.5 Å². The molecule has 0 spiro atoms. The molecule has 5 aromatic rings. The molecule has 0 aliphatic rings. The molecular weight excluding hydrogens is 400 g/mol. The number of pyridine rings is 1. The van der Waals surface area contributed by atoms with Crippen molar-refractivity contribution in [3.05, 3.63) is 93.5 Å². The lowest BCUT2D eigenvalue weighted by molar-refractivity contribution is 0.0953. The number of aromatic amines is 1. The van der Waals surface area contributed by atoms with Gasteiger partial charge in [-0.1, -0.05) is 29.8 Å². The standard InChI is InChI=1S/C23H17ClN4O2/c24-16-6-7-18-20(11-16)27-21-8-5-15(13-28(21)23(18)30)22(29)25-10-9-14-12-26-19-4-2-1-3-17(14)19/h1-8,11-13,26H,9-10H2,(H,25,29). The van der Waals surface area contributed by atoms with Crippen molar-refractivity contribution in [1.82, 2.24) is 19.7 Å². The van der Waals surface area contributed by atoms with E-state index >= 15 is 0 Å². The molecule has 3 aromatic heterocycles. The maximum absolute atomic E-state index is 12.8. The molecule has 30 heavy (non-hydrogen) atoms. The minimum atomic E-state index is -0.236. The van der Waals surface area contributed by atoms with Crippen molar-refractivity contribution in [3.8, 4) is 0 Å². The van der Waals surface area contributed by atoms with Gasteiger partial charge in [-0.05, 0) is 48.4 Å². The molecule has 2 aromatic carbocycles. The van der Waals surface area contributed by atoms with E-state index in [1.165, 1.54) is 10.6 Å². The molecule has 1 amide bonds. The lowest BCUT2D eigenvalue weighted by Gasteiger charge is -2.08. The highest BCUT2D eigenvalue weighted by Gasteiger charge is 2.11. The summed E-state index contributed by atoms with van der Waals surface area (Å²) in [5.74, 6) is -0.236. The monoisotopic (exact) mass is 416 g/mol. The van der Waals surface area contributed by atoms with Gasteiger partial charge in [0.25, 0.3) is 11.5 Å². The Balaban J connectivity index is 1.38. The number of halogens is 1. The van der Waals surface area contributed by atoms with E-state index in [2.05, 4.69) is 21.4 Å². The number of para-hydroxylation sites is 1. The maximum Gasteiger partial charge on any atom is 0.265 e. The molecule has 3 heterocycles.